The Morgan fingerprint density at radius 1 is 1.00 bits per heavy atom. The fraction of sp³-hybridized carbons (Fsp3) is 0. The zero-order valence-electron chi connectivity index (χ0n) is 3.49. The molecule has 0 saturated heterocycles. The molecule has 37 valence electrons. The molecule has 0 aromatic rings. The predicted octanol–water partition coefficient (Wildman–Crippen LogP) is 2.55. The van der Waals surface area contributed by atoms with Gasteiger partial charge in [0, 0.05) is 0 Å². The SMILES string of the molecule is I[C]1[CH][CH][CH][C]1I. The minimum Gasteiger partial charge on any atom is -0.0755 e. The summed E-state index contributed by atoms with van der Waals surface area (Å²) in [6.07, 6.45) is 6.26. The monoisotopic (exact) mass is 317 g/mol. The summed E-state index contributed by atoms with van der Waals surface area (Å²) in [5.74, 6) is 0. The standard InChI is InChI=1S/C5H3I2/c6-4-2-1-3-5(4)7/h1-3H. The van der Waals surface area contributed by atoms with Crippen LogP contribution in [0.3, 0.4) is 0 Å². The minimum atomic E-state index is 1.35. The van der Waals surface area contributed by atoms with Gasteiger partial charge in [-0.25, -0.2) is 0 Å². The first-order chi connectivity index (χ1) is 3.30. The van der Waals surface area contributed by atoms with Crippen molar-refractivity contribution in [3.05, 3.63) is 27.1 Å². The van der Waals surface area contributed by atoms with Gasteiger partial charge in [0.05, 0.1) is 7.85 Å². The van der Waals surface area contributed by atoms with E-state index in [1.54, 1.807) is 0 Å². The number of hydrogen-bond donors (Lipinski definition) is 0. The summed E-state index contributed by atoms with van der Waals surface area (Å²) in [5, 5.41) is 0. The first-order valence-electron chi connectivity index (χ1n) is 1.87. The lowest BCUT2D eigenvalue weighted by Gasteiger charge is -1.98. The van der Waals surface area contributed by atoms with Crippen LogP contribution < -0.4 is 0 Å². The summed E-state index contributed by atoms with van der Waals surface area (Å²) in [7, 11) is 0. The fourth-order valence-electron chi connectivity index (χ4n) is 0.376. The van der Waals surface area contributed by atoms with Crippen molar-refractivity contribution in [2.24, 2.45) is 0 Å². The molecular formula is C5H3I2. The molecule has 0 nitrogen and oxygen atoms in total. The van der Waals surface area contributed by atoms with E-state index in [1.807, 2.05) is 0 Å². The number of halogens is 2. The van der Waals surface area contributed by atoms with Crippen LogP contribution in [0.2, 0.25) is 0 Å². The van der Waals surface area contributed by atoms with Gasteiger partial charge in [-0.1, -0.05) is 45.2 Å². The molecule has 7 heavy (non-hydrogen) atoms. The average Bonchev–Trinajstić information content (AvgIpc) is 1.91. The van der Waals surface area contributed by atoms with Crippen molar-refractivity contribution in [3.8, 4) is 0 Å². The molecule has 5 radical (unpaired) electrons. The second-order valence-corrected chi connectivity index (χ2v) is 3.55. The van der Waals surface area contributed by atoms with Gasteiger partial charge in [0.25, 0.3) is 0 Å². The Kier molecular flexibility index (Phi) is 2.67. The van der Waals surface area contributed by atoms with Crippen molar-refractivity contribution in [1.82, 2.24) is 0 Å². The highest BCUT2D eigenvalue weighted by atomic mass is 127. The molecule has 1 saturated carbocycles. The van der Waals surface area contributed by atoms with Crippen LogP contribution in [-0.4, -0.2) is 0 Å². The highest BCUT2D eigenvalue weighted by Crippen LogP contribution is 2.42. The Balaban J connectivity index is 2.33. The first-order valence-corrected chi connectivity index (χ1v) is 4.03. The molecule has 0 aromatic carbocycles. The zero-order chi connectivity index (χ0) is 5.28. The molecule has 1 aliphatic rings. The minimum absolute atomic E-state index is 1.35. The number of rotatable bonds is 0. The molecule has 1 rings (SSSR count). The van der Waals surface area contributed by atoms with Crippen LogP contribution in [0.25, 0.3) is 0 Å². The van der Waals surface area contributed by atoms with Gasteiger partial charge in [-0.15, -0.1) is 0 Å². The molecule has 0 heterocycles. The van der Waals surface area contributed by atoms with Crippen LogP contribution >= 0.6 is 45.2 Å². The zero-order valence-corrected chi connectivity index (χ0v) is 7.80. The summed E-state index contributed by atoms with van der Waals surface area (Å²) < 4.78 is 2.69. The molecule has 0 N–H and O–H groups in total. The van der Waals surface area contributed by atoms with Gasteiger partial charge >= 0.3 is 0 Å². The van der Waals surface area contributed by atoms with Crippen molar-refractivity contribution in [1.29, 1.82) is 0 Å². The van der Waals surface area contributed by atoms with Crippen molar-refractivity contribution in [2.75, 3.05) is 0 Å². The molecule has 0 spiro atoms. The van der Waals surface area contributed by atoms with Crippen LogP contribution in [0.4, 0.5) is 0 Å². The van der Waals surface area contributed by atoms with E-state index in [9.17, 15) is 0 Å². The van der Waals surface area contributed by atoms with E-state index >= 15 is 0 Å². The van der Waals surface area contributed by atoms with Crippen LogP contribution in [0.15, 0.2) is 0 Å². The van der Waals surface area contributed by atoms with E-state index in [0.717, 1.165) is 0 Å². The van der Waals surface area contributed by atoms with Gasteiger partial charge in [-0.3, -0.25) is 0 Å². The Morgan fingerprint density at radius 2 is 1.43 bits per heavy atom. The molecule has 1 aliphatic carbocycles. The normalized spacial score (nSPS) is 26.6. The second kappa shape index (κ2) is 2.85. The van der Waals surface area contributed by atoms with E-state index in [2.05, 4.69) is 64.4 Å². The average molecular weight is 317 g/mol. The van der Waals surface area contributed by atoms with E-state index in [1.165, 1.54) is 7.85 Å². The summed E-state index contributed by atoms with van der Waals surface area (Å²) in [6, 6.07) is 0. The molecule has 0 aromatic heterocycles. The fourth-order valence-corrected chi connectivity index (χ4v) is 1.15. The van der Waals surface area contributed by atoms with E-state index in [0.29, 0.717) is 0 Å². The molecule has 0 aliphatic heterocycles. The largest absolute Gasteiger partial charge is 0.0755 e. The maximum absolute atomic E-state index is 2.31. The smallest absolute Gasteiger partial charge is 0.0580 e. The Bertz CT molecular complexity index is 55.1. The molecule has 1 fully saturated rings. The van der Waals surface area contributed by atoms with E-state index in [-0.39, 0.29) is 0 Å². The van der Waals surface area contributed by atoms with Gasteiger partial charge in [0.1, 0.15) is 0 Å². The van der Waals surface area contributed by atoms with Crippen molar-refractivity contribution >= 4 is 45.2 Å². The lowest BCUT2D eigenvalue weighted by Crippen LogP contribution is -1.81. The van der Waals surface area contributed by atoms with Gasteiger partial charge in [-0.05, 0) is 19.3 Å². The molecular weight excluding hydrogens is 314 g/mol. The summed E-state index contributed by atoms with van der Waals surface area (Å²) in [6.45, 7) is 0. The van der Waals surface area contributed by atoms with Crippen LogP contribution in [0.1, 0.15) is 0 Å². The van der Waals surface area contributed by atoms with Gasteiger partial charge in [0.15, 0.2) is 0 Å². The van der Waals surface area contributed by atoms with Gasteiger partial charge in [-0.2, -0.15) is 0 Å². The van der Waals surface area contributed by atoms with E-state index in [4.69, 9.17) is 0 Å². The summed E-state index contributed by atoms with van der Waals surface area (Å²) in [4.78, 5) is 0. The third-order valence-electron chi connectivity index (χ3n) is 0.713. The molecule has 0 atom stereocenters. The maximum Gasteiger partial charge on any atom is 0.0580 e. The molecule has 2 heteroatoms. The van der Waals surface area contributed by atoms with Crippen molar-refractivity contribution in [2.45, 2.75) is 0 Å². The van der Waals surface area contributed by atoms with Crippen molar-refractivity contribution in [3.63, 3.8) is 0 Å². The lowest BCUT2D eigenvalue weighted by molar-refractivity contribution is 1.57. The van der Waals surface area contributed by atoms with Crippen molar-refractivity contribution < 1.29 is 0 Å². The maximum atomic E-state index is 2.31. The Labute approximate surface area is 71.7 Å². The van der Waals surface area contributed by atoms with Crippen LogP contribution in [-0.2, 0) is 0 Å². The topological polar surface area (TPSA) is 0 Å². The third kappa shape index (κ3) is 1.69. The highest BCUT2D eigenvalue weighted by Gasteiger charge is 2.23. The van der Waals surface area contributed by atoms with Gasteiger partial charge < -0.3 is 0 Å². The molecule has 0 bridgehead atoms. The van der Waals surface area contributed by atoms with Crippen LogP contribution in [0, 0.1) is 27.1 Å². The van der Waals surface area contributed by atoms with Gasteiger partial charge in [0.2, 0.25) is 0 Å². The predicted molar refractivity (Wildman–Crippen MR) is 47.4 cm³/mol. The van der Waals surface area contributed by atoms with Crippen LogP contribution in [0.5, 0.6) is 0 Å². The highest BCUT2D eigenvalue weighted by molar-refractivity contribution is 14.1. The quantitative estimate of drug-likeness (QED) is 0.603. The summed E-state index contributed by atoms with van der Waals surface area (Å²) >= 11 is 4.62. The lowest BCUT2D eigenvalue weighted by atomic mass is 10.4. The number of hydrogen-bond acceptors (Lipinski definition) is 0. The van der Waals surface area contributed by atoms with E-state index < -0.39 is 0 Å². The third-order valence-corrected chi connectivity index (χ3v) is 3.63. The molecule has 0 amide bonds. The summed E-state index contributed by atoms with van der Waals surface area (Å²) in [5.41, 5.74) is 0. The second-order valence-electron chi connectivity index (χ2n) is 1.22. The Morgan fingerprint density at radius 3 is 1.57 bits per heavy atom. The Hall–Kier alpha value is 1.46. The molecule has 0 unspecified atom stereocenters. The first kappa shape index (κ1) is 6.58.